The summed E-state index contributed by atoms with van der Waals surface area (Å²) in [6, 6.07) is 11.5. The standard InChI is InChI=1S/C18H22O6S4.C8H12N2O4S2/c1-15-3-7-17(8-4-15)27(19,20)23-11-13-25-26-14-12-24-28(21,22)18-9-5-16(2)6-10-18;11-5-9(6-12)1-3-15-16-4-2-10(7-13)8-14/h3-10H,11-14H2,1-2H3;5-8H,1-4H2/i11D2,12D2;1D2,2D2. The average molecular weight is 735 g/mol. The first-order valence-corrected chi connectivity index (χ1v) is 19.6. The minimum atomic E-state index is -4.33. The van der Waals surface area contributed by atoms with Gasteiger partial charge in [-0.2, -0.15) is 16.8 Å². The van der Waals surface area contributed by atoms with Crippen molar-refractivity contribution in [3.8, 4) is 0 Å². The molecule has 0 bridgehead atoms. The van der Waals surface area contributed by atoms with Gasteiger partial charge in [-0.25, -0.2) is 0 Å². The van der Waals surface area contributed by atoms with Crippen LogP contribution in [0, 0.1) is 13.8 Å². The summed E-state index contributed by atoms with van der Waals surface area (Å²) in [5, 5.41) is 0. The summed E-state index contributed by atoms with van der Waals surface area (Å²) >= 11 is 0. The summed E-state index contributed by atoms with van der Waals surface area (Å²) in [6.07, 6.45) is 0.214. The molecular formula is C26H34N2O10S6. The van der Waals surface area contributed by atoms with Crippen LogP contribution >= 0.6 is 43.2 Å². The zero-order valence-corrected chi connectivity index (χ0v) is 28.1. The fourth-order valence-electron chi connectivity index (χ4n) is 2.32. The summed E-state index contributed by atoms with van der Waals surface area (Å²) in [5.74, 6) is -1.48. The van der Waals surface area contributed by atoms with E-state index in [0.29, 0.717) is 9.80 Å². The molecule has 4 amide bonds. The summed E-state index contributed by atoms with van der Waals surface area (Å²) in [5.41, 5.74) is 1.67. The molecule has 0 aromatic heterocycles. The SMILES string of the molecule is [2H]C([2H])(CSSCC([2H])([2H])N(C=O)C=O)N(C=O)C=O.[2H]C([2H])(CSSCC([2H])([2H])OS(=O)(=O)c1ccc(C)cc1)OS(=O)(=O)c1ccc(C)cc1. The van der Waals surface area contributed by atoms with Crippen molar-refractivity contribution in [2.45, 2.75) is 23.6 Å². The van der Waals surface area contributed by atoms with Gasteiger partial charge in [-0.15, -0.1) is 0 Å². The van der Waals surface area contributed by atoms with Crippen molar-refractivity contribution >= 4 is 89.1 Å². The predicted molar refractivity (Wildman–Crippen MR) is 176 cm³/mol. The minimum absolute atomic E-state index is 0.0536. The van der Waals surface area contributed by atoms with Crippen LogP contribution in [0.25, 0.3) is 0 Å². The molecule has 0 heterocycles. The van der Waals surface area contributed by atoms with E-state index in [0.717, 1.165) is 54.3 Å². The Morgan fingerprint density at radius 2 is 0.886 bits per heavy atom. The molecule has 0 spiro atoms. The minimum Gasteiger partial charge on any atom is -0.287 e. The number of aryl methyl sites for hydroxylation is 2. The third kappa shape index (κ3) is 16.9. The number of hydrogen-bond acceptors (Lipinski definition) is 14. The number of hydrogen-bond donors (Lipinski definition) is 0. The first-order valence-electron chi connectivity index (χ1n) is 15.8. The first-order chi connectivity index (χ1) is 23.9. The number of nitrogens with zero attached hydrogens (tertiary/aromatic N) is 2. The van der Waals surface area contributed by atoms with E-state index >= 15 is 0 Å². The first kappa shape index (κ1) is 28.2. The van der Waals surface area contributed by atoms with E-state index < -0.39 is 57.9 Å². The van der Waals surface area contributed by atoms with Crippen molar-refractivity contribution in [2.75, 3.05) is 49.1 Å². The summed E-state index contributed by atoms with van der Waals surface area (Å²) in [6.45, 7) is -5.99. The van der Waals surface area contributed by atoms with Gasteiger partial charge in [-0.05, 0) is 38.1 Å². The Labute approximate surface area is 285 Å². The van der Waals surface area contributed by atoms with Crippen molar-refractivity contribution in [1.29, 1.82) is 0 Å². The highest BCUT2D eigenvalue weighted by atomic mass is 33.1. The van der Waals surface area contributed by atoms with Crippen molar-refractivity contribution in [3.05, 3.63) is 59.7 Å². The van der Waals surface area contributed by atoms with E-state index in [1.165, 1.54) is 24.3 Å². The van der Waals surface area contributed by atoms with Gasteiger partial charge >= 0.3 is 0 Å². The number of carbonyl (C=O) groups excluding carboxylic acids is 4. The maximum Gasteiger partial charge on any atom is 0.297 e. The van der Waals surface area contributed by atoms with Crippen LogP contribution in [0.1, 0.15) is 22.1 Å². The predicted octanol–water partition coefficient (Wildman–Crippen LogP) is 3.39. The summed E-state index contributed by atoms with van der Waals surface area (Å²) in [7, 11) is -5.36. The molecule has 44 heavy (non-hydrogen) atoms. The molecule has 0 aliphatic rings. The fraction of sp³-hybridized carbons (Fsp3) is 0.385. The van der Waals surface area contributed by atoms with E-state index in [1.807, 2.05) is 0 Å². The van der Waals surface area contributed by atoms with Crippen LogP contribution in [0.2, 0.25) is 0 Å². The smallest absolute Gasteiger partial charge is 0.287 e. The van der Waals surface area contributed by atoms with Crippen molar-refractivity contribution in [1.82, 2.24) is 9.80 Å². The van der Waals surface area contributed by atoms with Crippen LogP contribution < -0.4 is 0 Å². The van der Waals surface area contributed by atoms with Gasteiger partial charge in [0.05, 0.1) is 33.9 Å². The van der Waals surface area contributed by atoms with E-state index in [1.54, 1.807) is 38.1 Å². The lowest BCUT2D eigenvalue weighted by Gasteiger charge is -2.09. The van der Waals surface area contributed by atoms with Gasteiger partial charge in [0.2, 0.25) is 25.6 Å². The highest BCUT2D eigenvalue weighted by molar-refractivity contribution is 8.77. The summed E-state index contributed by atoms with van der Waals surface area (Å²) < 4.78 is 119. The second-order valence-electron chi connectivity index (χ2n) is 7.59. The zero-order valence-electron chi connectivity index (χ0n) is 31.2. The number of carbonyl (C=O) groups is 4. The molecule has 0 saturated carbocycles. The molecule has 0 N–H and O–H groups in total. The van der Waals surface area contributed by atoms with E-state index in [4.69, 9.17) is 11.0 Å². The Kier molecular flexibility index (Phi) is 14.4. The van der Waals surface area contributed by atoms with Crippen LogP contribution in [0.4, 0.5) is 0 Å². The molecule has 244 valence electrons. The van der Waals surface area contributed by atoms with Gasteiger partial charge in [0.1, 0.15) is 0 Å². The van der Waals surface area contributed by atoms with Crippen LogP contribution in [0.15, 0.2) is 58.3 Å². The molecule has 18 heteroatoms. The van der Waals surface area contributed by atoms with Gasteiger partial charge < -0.3 is 0 Å². The Hall–Kier alpha value is -2.06. The number of rotatable bonds is 22. The monoisotopic (exact) mass is 734 g/mol. The molecular weight excluding hydrogens is 693 g/mol. The number of imide groups is 2. The van der Waals surface area contributed by atoms with Crippen LogP contribution in [-0.2, 0) is 47.8 Å². The zero-order chi connectivity index (χ0) is 40.0. The number of benzene rings is 2. The average Bonchev–Trinajstić information content (AvgIpc) is 3.02. The maximum atomic E-state index is 12.2. The Bertz CT molecular complexity index is 1570. The summed E-state index contributed by atoms with van der Waals surface area (Å²) in [4.78, 5) is 42.0. The lowest BCUT2D eigenvalue weighted by molar-refractivity contribution is -0.130. The topological polar surface area (TPSA) is 162 Å². The third-order valence-electron chi connectivity index (χ3n) is 4.43. The molecule has 0 unspecified atom stereocenters. The highest BCUT2D eigenvalue weighted by Gasteiger charge is 2.16. The quantitative estimate of drug-likeness (QED) is 0.0749. The molecule has 0 fully saturated rings. The largest absolute Gasteiger partial charge is 0.297 e. The van der Waals surface area contributed by atoms with E-state index in [2.05, 4.69) is 8.37 Å². The number of amides is 4. The maximum absolute atomic E-state index is 12.2. The van der Waals surface area contributed by atoms with Gasteiger partial charge in [-0.3, -0.25) is 37.3 Å². The normalized spacial score (nSPS) is 15.1. The van der Waals surface area contributed by atoms with Gasteiger partial charge in [0.25, 0.3) is 20.2 Å². The van der Waals surface area contributed by atoms with Gasteiger partial charge in [0.15, 0.2) is 0 Å². The van der Waals surface area contributed by atoms with Crippen LogP contribution in [0.3, 0.4) is 0 Å². The van der Waals surface area contributed by atoms with Crippen molar-refractivity contribution < 1.29 is 55.3 Å². The van der Waals surface area contributed by atoms with Crippen LogP contribution in [0.5, 0.6) is 0 Å². The molecule has 2 aromatic rings. The second kappa shape index (κ2) is 22.4. The fourth-order valence-corrected chi connectivity index (χ4v) is 6.59. The molecule has 0 radical (unpaired) electrons. The molecule has 0 saturated heterocycles. The van der Waals surface area contributed by atoms with Crippen molar-refractivity contribution in [3.63, 3.8) is 0 Å². The third-order valence-corrected chi connectivity index (χ3v) is 10.5. The van der Waals surface area contributed by atoms with Crippen LogP contribution in [-0.4, -0.2) is 101 Å². The molecule has 12 nitrogen and oxygen atoms in total. The Balaban J connectivity index is 0.000000583. The Morgan fingerprint density at radius 3 is 1.18 bits per heavy atom. The second-order valence-corrected chi connectivity index (χ2v) is 15.6. The Morgan fingerprint density at radius 1 is 0.591 bits per heavy atom. The highest BCUT2D eigenvalue weighted by Crippen LogP contribution is 2.23. The van der Waals surface area contributed by atoms with E-state index in [9.17, 15) is 36.0 Å². The molecule has 0 atom stereocenters. The van der Waals surface area contributed by atoms with Crippen molar-refractivity contribution in [2.24, 2.45) is 0 Å². The molecule has 0 aliphatic heterocycles. The van der Waals surface area contributed by atoms with E-state index in [-0.39, 0.29) is 46.9 Å². The molecule has 2 rings (SSSR count). The van der Waals surface area contributed by atoms with Gasteiger partial charge in [-0.1, -0.05) is 78.6 Å². The lowest BCUT2D eigenvalue weighted by Crippen LogP contribution is -2.23. The lowest BCUT2D eigenvalue weighted by atomic mass is 10.2. The van der Waals surface area contributed by atoms with Gasteiger partial charge in [0, 0.05) is 36.0 Å². The molecule has 2 aromatic carbocycles. The molecule has 0 aliphatic carbocycles.